The summed E-state index contributed by atoms with van der Waals surface area (Å²) in [6.07, 6.45) is 2.01. The molecule has 3 heteroatoms. The molecule has 1 atom stereocenters. The molecule has 3 nitrogen and oxygen atoms in total. The van der Waals surface area contributed by atoms with Gasteiger partial charge in [-0.1, -0.05) is 41.5 Å². The van der Waals surface area contributed by atoms with E-state index < -0.39 is 0 Å². The van der Waals surface area contributed by atoms with Crippen LogP contribution in [0.3, 0.4) is 0 Å². The van der Waals surface area contributed by atoms with Gasteiger partial charge in [-0.2, -0.15) is 0 Å². The van der Waals surface area contributed by atoms with Crippen LogP contribution in [0.15, 0.2) is 9.98 Å². The number of aryl methyl sites for hydroxylation is 1. The van der Waals surface area contributed by atoms with Gasteiger partial charge in [0.15, 0.2) is 0 Å². The predicted molar refractivity (Wildman–Crippen MR) is 126 cm³/mol. The average molecular weight is 396 g/mol. The molecule has 0 aromatic carbocycles. The SMILES string of the molecule is Cc1nc(C(C)(C)C2N=C(C3=NC(C)(C)C(C)(C)C3)CC2(C)C)c(C)c(C)c1C. The summed E-state index contributed by atoms with van der Waals surface area (Å²) in [5.74, 6) is 0. The van der Waals surface area contributed by atoms with Crippen molar-refractivity contribution in [3.63, 3.8) is 0 Å². The molecule has 2 aliphatic rings. The van der Waals surface area contributed by atoms with E-state index in [1.54, 1.807) is 0 Å². The molecule has 0 bridgehead atoms. The van der Waals surface area contributed by atoms with Crippen molar-refractivity contribution in [3.8, 4) is 0 Å². The first-order chi connectivity index (χ1) is 13.0. The second-order valence-corrected chi connectivity index (χ2v) is 12.0. The number of aromatic nitrogens is 1. The van der Waals surface area contributed by atoms with Crippen molar-refractivity contribution >= 4 is 11.4 Å². The minimum Gasteiger partial charge on any atom is -0.283 e. The van der Waals surface area contributed by atoms with E-state index in [4.69, 9.17) is 15.0 Å². The molecule has 29 heavy (non-hydrogen) atoms. The Morgan fingerprint density at radius 2 is 1.38 bits per heavy atom. The normalized spacial score (nSPS) is 25.2. The minimum atomic E-state index is -0.136. The highest BCUT2D eigenvalue weighted by molar-refractivity contribution is 6.43. The zero-order chi connectivity index (χ0) is 22.2. The van der Waals surface area contributed by atoms with Crippen LogP contribution in [0.1, 0.15) is 96.3 Å². The van der Waals surface area contributed by atoms with Crippen molar-refractivity contribution < 1.29 is 0 Å². The molecule has 160 valence electrons. The Hall–Kier alpha value is -1.51. The average Bonchev–Trinajstić information content (AvgIpc) is 3.01. The van der Waals surface area contributed by atoms with E-state index >= 15 is 0 Å². The van der Waals surface area contributed by atoms with Crippen LogP contribution in [0, 0.1) is 38.5 Å². The van der Waals surface area contributed by atoms with Crippen molar-refractivity contribution in [2.45, 2.75) is 113 Å². The van der Waals surface area contributed by atoms with E-state index in [9.17, 15) is 0 Å². The van der Waals surface area contributed by atoms with Crippen LogP contribution in [0.5, 0.6) is 0 Å². The van der Waals surface area contributed by atoms with Crippen LogP contribution in [0.2, 0.25) is 0 Å². The lowest BCUT2D eigenvalue weighted by Crippen LogP contribution is -2.42. The van der Waals surface area contributed by atoms with Gasteiger partial charge in [0.1, 0.15) is 0 Å². The Labute approximate surface area is 178 Å². The summed E-state index contributed by atoms with van der Waals surface area (Å²) in [7, 11) is 0. The van der Waals surface area contributed by atoms with E-state index in [0.717, 1.165) is 18.5 Å². The summed E-state index contributed by atoms with van der Waals surface area (Å²) in [6.45, 7) is 27.3. The van der Waals surface area contributed by atoms with Crippen LogP contribution in [-0.2, 0) is 5.41 Å². The third-order valence-electron chi connectivity index (χ3n) is 8.26. The van der Waals surface area contributed by atoms with Crippen LogP contribution in [-0.4, -0.2) is 28.0 Å². The van der Waals surface area contributed by atoms with Crippen molar-refractivity contribution in [1.82, 2.24) is 4.98 Å². The molecule has 0 saturated carbocycles. The lowest BCUT2D eigenvalue weighted by Gasteiger charge is -2.39. The molecule has 0 radical (unpaired) electrons. The third-order valence-corrected chi connectivity index (χ3v) is 8.26. The fraction of sp³-hybridized carbons (Fsp3) is 0.731. The van der Waals surface area contributed by atoms with Gasteiger partial charge in [-0.05, 0) is 81.9 Å². The first-order valence-corrected chi connectivity index (χ1v) is 11.1. The Kier molecular flexibility index (Phi) is 4.97. The fourth-order valence-electron chi connectivity index (χ4n) is 5.37. The van der Waals surface area contributed by atoms with Gasteiger partial charge >= 0.3 is 0 Å². The van der Waals surface area contributed by atoms with E-state index in [1.165, 1.54) is 33.8 Å². The highest BCUT2D eigenvalue weighted by Gasteiger charge is 2.50. The van der Waals surface area contributed by atoms with Crippen molar-refractivity contribution in [3.05, 3.63) is 28.1 Å². The molecule has 0 spiro atoms. The lowest BCUT2D eigenvalue weighted by atomic mass is 9.67. The van der Waals surface area contributed by atoms with Crippen LogP contribution >= 0.6 is 0 Å². The lowest BCUT2D eigenvalue weighted by molar-refractivity contribution is 0.228. The van der Waals surface area contributed by atoms with Gasteiger partial charge in [0.2, 0.25) is 0 Å². The molecule has 1 unspecified atom stereocenters. The van der Waals surface area contributed by atoms with Crippen molar-refractivity contribution in [1.29, 1.82) is 0 Å². The van der Waals surface area contributed by atoms with E-state index in [0.29, 0.717) is 0 Å². The predicted octanol–water partition coefficient (Wildman–Crippen LogP) is 6.48. The zero-order valence-electron chi connectivity index (χ0n) is 20.8. The topological polar surface area (TPSA) is 37.6 Å². The molecular formula is C26H41N3. The molecule has 0 fully saturated rings. The molecule has 0 N–H and O–H groups in total. The number of rotatable bonds is 3. The Morgan fingerprint density at radius 3 is 1.90 bits per heavy atom. The van der Waals surface area contributed by atoms with Gasteiger partial charge < -0.3 is 0 Å². The molecule has 1 aromatic heterocycles. The van der Waals surface area contributed by atoms with E-state index in [2.05, 4.69) is 83.1 Å². The van der Waals surface area contributed by atoms with E-state index in [-0.39, 0.29) is 27.8 Å². The Morgan fingerprint density at radius 1 is 0.793 bits per heavy atom. The maximum Gasteiger partial charge on any atom is 0.0664 e. The molecule has 0 aliphatic carbocycles. The zero-order valence-corrected chi connectivity index (χ0v) is 20.8. The van der Waals surface area contributed by atoms with Gasteiger partial charge in [-0.25, -0.2) is 0 Å². The Balaban J connectivity index is 2.07. The number of pyridine rings is 1. The van der Waals surface area contributed by atoms with Gasteiger partial charge in [0.05, 0.1) is 28.7 Å². The van der Waals surface area contributed by atoms with Crippen LogP contribution < -0.4 is 0 Å². The number of nitrogens with zero attached hydrogens (tertiary/aromatic N) is 3. The maximum absolute atomic E-state index is 5.37. The standard InChI is InChI=1S/C26H41N3/c1-15-16(2)18(4)27-21(17(15)3)25(9,10)22-23(5,6)13-19(28-22)20-14-24(7,8)26(11,12)29-20/h22H,13-14H2,1-12H3. The fourth-order valence-corrected chi connectivity index (χ4v) is 5.37. The van der Waals surface area contributed by atoms with Gasteiger partial charge in [-0.3, -0.25) is 15.0 Å². The minimum absolute atomic E-state index is 0.0358. The molecule has 0 amide bonds. The molecular weight excluding hydrogens is 354 g/mol. The summed E-state index contributed by atoms with van der Waals surface area (Å²) in [6, 6.07) is 0.187. The quantitative estimate of drug-likeness (QED) is 0.577. The molecule has 3 heterocycles. The molecule has 0 saturated heterocycles. The summed E-state index contributed by atoms with van der Waals surface area (Å²) < 4.78 is 0. The largest absolute Gasteiger partial charge is 0.283 e. The van der Waals surface area contributed by atoms with Crippen LogP contribution in [0.25, 0.3) is 0 Å². The summed E-state index contributed by atoms with van der Waals surface area (Å²) in [4.78, 5) is 15.6. The maximum atomic E-state index is 5.37. The van der Waals surface area contributed by atoms with Gasteiger partial charge in [0, 0.05) is 11.1 Å². The number of hydrogen-bond donors (Lipinski definition) is 0. The summed E-state index contributed by atoms with van der Waals surface area (Å²) in [5, 5.41) is 0. The van der Waals surface area contributed by atoms with Crippen molar-refractivity contribution in [2.75, 3.05) is 0 Å². The summed E-state index contributed by atoms with van der Waals surface area (Å²) in [5.41, 5.74) is 8.87. The highest BCUT2D eigenvalue weighted by atomic mass is 15.0. The molecule has 2 aliphatic heterocycles. The first kappa shape index (κ1) is 22.2. The molecule has 3 rings (SSSR count). The number of aliphatic imine (C=N–C) groups is 2. The van der Waals surface area contributed by atoms with E-state index in [1.807, 2.05) is 0 Å². The second-order valence-electron chi connectivity index (χ2n) is 12.0. The monoisotopic (exact) mass is 395 g/mol. The highest BCUT2D eigenvalue weighted by Crippen LogP contribution is 2.49. The molecule has 1 aromatic rings. The Bertz CT molecular complexity index is 910. The first-order valence-electron chi connectivity index (χ1n) is 11.1. The van der Waals surface area contributed by atoms with Crippen LogP contribution in [0.4, 0.5) is 0 Å². The second kappa shape index (κ2) is 6.49. The smallest absolute Gasteiger partial charge is 0.0664 e. The number of hydrogen-bond acceptors (Lipinski definition) is 3. The third kappa shape index (κ3) is 3.39. The summed E-state index contributed by atoms with van der Waals surface area (Å²) >= 11 is 0. The van der Waals surface area contributed by atoms with Gasteiger partial charge in [0.25, 0.3) is 0 Å². The van der Waals surface area contributed by atoms with Gasteiger partial charge in [-0.15, -0.1) is 0 Å². The van der Waals surface area contributed by atoms with Crippen molar-refractivity contribution in [2.24, 2.45) is 20.8 Å².